The minimum absolute atomic E-state index is 0.136. The zero-order valence-corrected chi connectivity index (χ0v) is 10.3. The number of rotatable bonds is 6. The van der Waals surface area contributed by atoms with Gasteiger partial charge < -0.3 is 10.2 Å². The molecule has 3 heteroatoms. The third-order valence-electron chi connectivity index (χ3n) is 2.69. The molecule has 0 saturated carbocycles. The minimum Gasteiger partial charge on any atom is -0.394 e. The number of thiophene rings is 1. The molecular weight excluding hydrogens is 208 g/mol. The van der Waals surface area contributed by atoms with E-state index in [1.807, 2.05) is 11.3 Å². The van der Waals surface area contributed by atoms with Crippen molar-refractivity contribution in [3.05, 3.63) is 21.9 Å². The Morgan fingerprint density at radius 1 is 1.33 bits per heavy atom. The van der Waals surface area contributed by atoms with Crippen molar-refractivity contribution >= 4 is 11.3 Å². The van der Waals surface area contributed by atoms with E-state index in [4.69, 9.17) is 5.11 Å². The summed E-state index contributed by atoms with van der Waals surface area (Å²) in [7, 11) is 0. The molecule has 1 heterocycles. The van der Waals surface area contributed by atoms with E-state index >= 15 is 0 Å². The first-order valence-electron chi connectivity index (χ1n) is 5.58. The van der Waals surface area contributed by atoms with Crippen molar-refractivity contribution in [3.8, 4) is 0 Å². The van der Waals surface area contributed by atoms with E-state index in [2.05, 4.69) is 26.0 Å². The lowest BCUT2D eigenvalue weighted by molar-refractivity contribution is 0.0820. The van der Waals surface area contributed by atoms with Crippen molar-refractivity contribution in [3.63, 3.8) is 0 Å². The van der Waals surface area contributed by atoms with Gasteiger partial charge in [0.1, 0.15) is 0 Å². The van der Waals surface area contributed by atoms with Gasteiger partial charge in [0.25, 0.3) is 0 Å². The maximum Gasteiger partial charge on any atom is 0.0777 e. The van der Waals surface area contributed by atoms with Crippen LogP contribution in [0.25, 0.3) is 0 Å². The van der Waals surface area contributed by atoms with Gasteiger partial charge in [-0.15, -0.1) is 11.3 Å². The highest BCUT2D eigenvalue weighted by Crippen LogP contribution is 2.31. The largest absolute Gasteiger partial charge is 0.394 e. The lowest BCUT2D eigenvalue weighted by Crippen LogP contribution is -2.15. The van der Waals surface area contributed by atoms with Crippen LogP contribution in [0.5, 0.6) is 0 Å². The predicted octanol–water partition coefficient (Wildman–Crippen LogP) is 2.55. The van der Waals surface area contributed by atoms with Gasteiger partial charge in [-0.25, -0.2) is 0 Å². The van der Waals surface area contributed by atoms with Crippen molar-refractivity contribution in [1.29, 1.82) is 0 Å². The Bertz CT molecular complexity index is 283. The van der Waals surface area contributed by atoms with E-state index in [0.717, 1.165) is 12.8 Å². The summed E-state index contributed by atoms with van der Waals surface area (Å²) in [4.78, 5) is 2.73. The lowest BCUT2D eigenvalue weighted by atomic mass is 9.97. The van der Waals surface area contributed by atoms with E-state index in [1.165, 1.54) is 9.75 Å². The number of hydrogen-bond donors (Lipinski definition) is 2. The molecule has 0 bridgehead atoms. The molecule has 0 aromatic carbocycles. The smallest absolute Gasteiger partial charge is 0.0777 e. The van der Waals surface area contributed by atoms with Crippen molar-refractivity contribution in [2.24, 2.45) is 0 Å². The van der Waals surface area contributed by atoms with Crippen molar-refractivity contribution < 1.29 is 10.2 Å². The van der Waals surface area contributed by atoms with Crippen LogP contribution in [0.2, 0.25) is 0 Å². The molecule has 0 spiro atoms. The number of aryl methyl sites for hydroxylation is 1. The molecular formula is C12H20O2S. The van der Waals surface area contributed by atoms with Crippen LogP contribution in [-0.2, 0) is 6.42 Å². The average molecular weight is 228 g/mol. The summed E-state index contributed by atoms with van der Waals surface area (Å²) in [5, 5.41) is 18.3. The second-order valence-corrected chi connectivity index (χ2v) is 5.03. The molecule has 2 atom stereocenters. The standard InChI is InChI=1S/C12H20O2S/c1-3-9(7-10(14)8-13)12-6-5-11(4-2)15-12/h5-6,9-10,13-14H,3-4,7-8H2,1-2H3. The molecule has 0 radical (unpaired) electrons. The molecule has 0 aliphatic rings. The van der Waals surface area contributed by atoms with E-state index in [1.54, 1.807) is 0 Å². The summed E-state index contributed by atoms with van der Waals surface area (Å²) in [5.74, 6) is 0.387. The minimum atomic E-state index is -0.581. The summed E-state index contributed by atoms with van der Waals surface area (Å²) in [5.41, 5.74) is 0. The Labute approximate surface area is 95.6 Å². The molecule has 2 N–H and O–H groups in total. The molecule has 0 fully saturated rings. The molecule has 1 aromatic heterocycles. The van der Waals surface area contributed by atoms with Crippen LogP contribution in [0.4, 0.5) is 0 Å². The highest BCUT2D eigenvalue weighted by atomic mass is 32.1. The van der Waals surface area contributed by atoms with Crippen LogP contribution < -0.4 is 0 Å². The van der Waals surface area contributed by atoms with Crippen molar-refractivity contribution in [2.75, 3.05) is 6.61 Å². The molecule has 2 unspecified atom stereocenters. The van der Waals surface area contributed by atoms with Gasteiger partial charge in [0.15, 0.2) is 0 Å². The predicted molar refractivity (Wildman–Crippen MR) is 64.4 cm³/mol. The lowest BCUT2D eigenvalue weighted by Gasteiger charge is -2.15. The Balaban J connectivity index is 2.65. The topological polar surface area (TPSA) is 40.5 Å². The molecule has 0 amide bonds. The first-order valence-corrected chi connectivity index (χ1v) is 6.40. The maximum absolute atomic E-state index is 9.44. The summed E-state index contributed by atoms with van der Waals surface area (Å²) in [6.07, 6.45) is 2.17. The fourth-order valence-electron chi connectivity index (χ4n) is 1.69. The second-order valence-electron chi connectivity index (χ2n) is 3.83. The monoisotopic (exact) mass is 228 g/mol. The molecule has 0 saturated heterocycles. The second kappa shape index (κ2) is 6.26. The summed E-state index contributed by atoms with van der Waals surface area (Å²) in [6, 6.07) is 4.32. The van der Waals surface area contributed by atoms with Crippen LogP contribution >= 0.6 is 11.3 Å². The quantitative estimate of drug-likeness (QED) is 0.785. The van der Waals surface area contributed by atoms with E-state index in [0.29, 0.717) is 12.3 Å². The summed E-state index contributed by atoms with van der Waals surface area (Å²) in [6.45, 7) is 4.14. The van der Waals surface area contributed by atoms with Crippen LogP contribution in [-0.4, -0.2) is 22.9 Å². The van der Waals surface area contributed by atoms with E-state index in [9.17, 15) is 5.11 Å². The molecule has 1 aromatic rings. The van der Waals surface area contributed by atoms with Crippen LogP contribution in [0.1, 0.15) is 42.4 Å². The third-order valence-corrected chi connectivity index (χ3v) is 4.09. The van der Waals surface area contributed by atoms with Gasteiger partial charge in [-0.1, -0.05) is 13.8 Å². The third kappa shape index (κ3) is 3.59. The van der Waals surface area contributed by atoms with Crippen LogP contribution in [0, 0.1) is 0 Å². The van der Waals surface area contributed by atoms with Gasteiger partial charge in [0.2, 0.25) is 0 Å². The molecule has 86 valence electrons. The highest BCUT2D eigenvalue weighted by molar-refractivity contribution is 7.12. The fraction of sp³-hybridized carbons (Fsp3) is 0.667. The van der Waals surface area contributed by atoms with E-state index in [-0.39, 0.29) is 6.61 Å². The number of hydrogen-bond acceptors (Lipinski definition) is 3. The van der Waals surface area contributed by atoms with Gasteiger partial charge >= 0.3 is 0 Å². The zero-order valence-electron chi connectivity index (χ0n) is 9.44. The number of aliphatic hydroxyl groups excluding tert-OH is 2. The van der Waals surface area contributed by atoms with Crippen molar-refractivity contribution in [2.45, 2.75) is 45.1 Å². The van der Waals surface area contributed by atoms with Gasteiger partial charge in [-0.2, -0.15) is 0 Å². The molecule has 0 aliphatic heterocycles. The Morgan fingerprint density at radius 2 is 2.07 bits per heavy atom. The normalized spacial score (nSPS) is 15.2. The highest BCUT2D eigenvalue weighted by Gasteiger charge is 2.15. The average Bonchev–Trinajstić information content (AvgIpc) is 2.73. The van der Waals surface area contributed by atoms with Gasteiger partial charge in [0, 0.05) is 9.75 Å². The van der Waals surface area contributed by atoms with Crippen molar-refractivity contribution in [1.82, 2.24) is 0 Å². The summed E-state index contributed by atoms with van der Waals surface area (Å²) < 4.78 is 0. The first-order chi connectivity index (χ1) is 7.21. The molecule has 15 heavy (non-hydrogen) atoms. The molecule has 0 aliphatic carbocycles. The Morgan fingerprint density at radius 3 is 2.53 bits per heavy atom. The SMILES string of the molecule is CCc1ccc(C(CC)CC(O)CO)s1. The zero-order chi connectivity index (χ0) is 11.3. The van der Waals surface area contributed by atoms with Gasteiger partial charge in [0.05, 0.1) is 12.7 Å². The Kier molecular flexibility index (Phi) is 5.29. The summed E-state index contributed by atoms with van der Waals surface area (Å²) >= 11 is 1.83. The van der Waals surface area contributed by atoms with Crippen LogP contribution in [0.15, 0.2) is 12.1 Å². The first kappa shape index (κ1) is 12.7. The molecule has 2 nitrogen and oxygen atoms in total. The number of aliphatic hydroxyl groups is 2. The van der Waals surface area contributed by atoms with E-state index < -0.39 is 6.10 Å². The maximum atomic E-state index is 9.44. The van der Waals surface area contributed by atoms with Crippen LogP contribution in [0.3, 0.4) is 0 Å². The fourth-order valence-corrected chi connectivity index (χ4v) is 2.84. The molecule has 1 rings (SSSR count). The van der Waals surface area contributed by atoms with Gasteiger partial charge in [-0.05, 0) is 37.3 Å². The Hall–Kier alpha value is -0.380. The van der Waals surface area contributed by atoms with Gasteiger partial charge in [-0.3, -0.25) is 0 Å².